The van der Waals surface area contributed by atoms with E-state index >= 15 is 0 Å². The molecule has 1 aliphatic rings. The average molecular weight is 356 g/mol. The van der Waals surface area contributed by atoms with Crippen molar-refractivity contribution in [3.8, 4) is 0 Å². The highest BCUT2D eigenvalue weighted by atomic mass is 32.2. The highest BCUT2D eigenvalue weighted by Crippen LogP contribution is 2.25. The molecule has 0 atom stereocenters. The van der Waals surface area contributed by atoms with Crippen molar-refractivity contribution in [2.24, 2.45) is 12.5 Å². The van der Waals surface area contributed by atoms with Crippen LogP contribution in [-0.2, 0) is 21.9 Å². The van der Waals surface area contributed by atoms with Gasteiger partial charge in [0.2, 0.25) is 15.9 Å². The number of rotatable bonds is 2. The molecular formula is C16H28N4O3S. The minimum absolute atomic E-state index is 0.0653. The van der Waals surface area contributed by atoms with Crippen LogP contribution in [0.25, 0.3) is 0 Å². The van der Waals surface area contributed by atoms with E-state index in [1.165, 1.54) is 4.31 Å². The fourth-order valence-corrected chi connectivity index (χ4v) is 4.94. The summed E-state index contributed by atoms with van der Waals surface area (Å²) in [5.74, 6) is 0.0653. The first kappa shape index (κ1) is 18.9. The third-order valence-corrected chi connectivity index (χ3v) is 6.58. The summed E-state index contributed by atoms with van der Waals surface area (Å²) >= 11 is 0. The van der Waals surface area contributed by atoms with E-state index in [4.69, 9.17) is 0 Å². The number of hydrogen-bond donors (Lipinski definition) is 0. The van der Waals surface area contributed by atoms with E-state index in [0.717, 1.165) is 0 Å². The van der Waals surface area contributed by atoms with Gasteiger partial charge in [0.05, 0.1) is 11.4 Å². The number of aromatic nitrogens is 2. The molecule has 0 saturated carbocycles. The van der Waals surface area contributed by atoms with Crippen LogP contribution in [0.2, 0.25) is 0 Å². The van der Waals surface area contributed by atoms with Gasteiger partial charge in [-0.25, -0.2) is 8.42 Å². The zero-order valence-electron chi connectivity index (χ0n) is 15.5. The summed E-state index contributed by atoms with van der Waals surface area (Å²) in [5, 5.41) is 4.22. The first-order valence-corrected chi connectivity index (χ1v) is 9.70. The number of carbonyl (C=O) groups is 1. The van der Waals surface area contributed by atoms with E-state index in [9.17, 15) is 13.2 Å². The van der Waals surface area contributed by atoms with E-state index in [2.05, 4.69) is 5.10 Å². The number of sulfonamides is 1. The van der Waals surface area contributed by atoms with Crippen molar-refractivity contribution in [2.75, 3.05) is 26.2 Å². The van der Waals surface area contributed by atoms with Gasteiger partial charge in [-0.1, -0.05) is 20.8 Å². The summed E-state index contributed by atoms with van der Waals surface area (Å²) in [5.41, 5.74) is 0.700. The molecule has 1 aromatic heterocycles. The smallest absolute Gasteiger partial charge is 0.246 e. The first-order chi connectivity index (χ1) is 11.0. The fourth-order valence-electron chi connectivity index (χ4n) is 3.07. The second-order valence-corrected chi connectivity index (χ2v) is 9.30. The Morgan fingerprint density at radius 2 is 1.71 bits per heavy atom. The fraction of sp³-hybridized carbons (Fsp3) is 0.750. The largest absolute Gasteiger partial charge is 0.341 e. The Balaban J connectivity index is 2.23. The molecule has 0 spiro atoms. The Morgan fingerprint density at radius 3 is 2.21 bits per heavy atom. The van der Waals surface area contributed by atoms with Crippen molar-refractivity contribution in [1.82, 2.24) is 19.0 Å². The minimum atomic E-state index is -3.60. The minimum Gasteiger partial charge on any atom is -0.341 e. The highest BCUT2D eigenvalue weighted by Gasteiger charge is 2.34. The van der Waals surface area contributed by atoms with Gasteiger partial charge in [0.1, 0.15) is 4.90 Å². The second kappa shape index (κ2) is 6.48. The monoisotopic (exact) mass is 356 g/mol. The van der Waals surface area contributed by atoms with Gasteiger partial charge in [0.15, 0.2) is 0 Å². The molecule has 2 heterocycles. The van der Waals surface area contributed by atoms with Gasteiger partial charge in [0, 0.05) is 38.6 Å². The van der Waals surface area contributed by atoms with Gasteiger partial charge in [-0.15, -0.1) is 0 Å². The molecule has 1 saturated heterocycles. The predicted octanol–water partition coefficient (Wildman–Crippen LogP) is 1.31. The molecule has 0 aliphatic carbocycles. The van der Waals surface area contributed by atoms with Gasteiger partial charge in [0.25, 0.3) is 0 Å². The van der Waals surface area contributed by atoms with Crippen molar-refractivity contribution in [2.45, 2.75) is 45.9 Å². The lowest BCUT2D eigenvalue weighted by molar-refractivity contribution is -0.139. The first-order valence-electron chi connectivity index (χ1n) is 8.26. The van der Waals surface area contributed by atoms with Crippen LogP contribution < -0.4 is 0 Å². The number of nitrogens with zero attached hydrogens (tertiary/aromatic N) is 4. The van der Waals surface area contributed by atoms with Crippen LogP contribution in [0, 0.1) is 19.3 Å². The Kier molecular flexibility index (Phi) is 5.11. The predicted molar refractivity (Wildman–Crippen MR) is 92.1 cm³/mol. The van der Waals surface area contributed by atoms with Crippen molar-refractivity contribution in [3.63, 3.8) is 0 Å². The summed E-state index contributed by atoms with van der Waals surface area (Å²) in [6, 6.07) is 0. The lowest BCUT2D eigenvalue weighted by Crippen LogP contribution is -2.42. The van der Waals surface area contributed by atoms with E-state index < -0.39 is 15.4 Å². The highest BCUT2D eigenvalue weighted by molar-refractivity contribution is 7.89. The number of amides is 1. The average Bonchev–Trinajstić information content (AvgIpc) is 2.66. The summed E-state index contributed by atoms with van der Waals surface area (Å²) < 4.78 is 29.2. The maximum atomic E-state index is 13.0. The van der Waals surface area contributed by atoms with E-state index in [1.54, 1.807) is 30.5 Å². The summed E-state index contributed by atoms with van der Waals surface area (Å²) in [4.78, 5) is 14.5. The summed E-state index contributed by atoms with van der Waals surface area (Å²) in [7, 11) is -1.85. The van der Waals surface area contributed by atoms with Crippen LogP contribution in [0.4, 0.5) is 0 Å². The quantitative estimate of drug-likeness (QED) is 0.801. The maximum Gasteiger partial charge on any atom is 0.246 e. The van der Waals surface area contributed by atoms with Gasteiger partial charge >= 0.3 is 0 Å². The van der Waals surface area contributed by atoms with Crippen LogP contribution in [0.1, 0.15) is 38.6 Å². The number of carbonyl (C=O) groups excluding carboxylic acids is 1. The van der Waals surface area contributed by atoms with Gasteiger partial charge < -0.3 is 4.90 Å². The van der Waals surface area contributed by atoms with Gasteiger partial charge in [-0.2, -0.15) is 9.40 Å². The molecule has 1 amide bonds. The molecule has 1 fully saturated rings. The lowest BCUT2D eigenvalue weighted by atomic mass is 9.94. The molecule has 2 rings (SSSR count). The van der Waals surface area contributed by atoms with E-state index in [1.807, 2.05) is 20.8 Å². The molecule has 7 nitrogen and oxygen atoms in total. The van der Waals surface area contributed by atoms with Crippen molar-refractivity contribution < 1.29 is 13.2 Å². The third kappa shape index (κ3) is 3.49. The Labute approximate surface area is 144 Å². The normalized spacial score (nSPS) is 17.8. The Hall–Kier alpha value is -1.41. The molecule has 0 aromatic carbocycles. The zero-order chi connectivity index (χ0) is 18.3. The van der Waals surface area contributed by atoms with Crippen LogP contribution in [0.3, 0.4) is 0 Å². The van der Waals surface area contributed by atoms with Crippen LogP contribution in [-0.4, -0.2) is 59.5 Å². The van der Waals surface area contributed by atoms with Crippen molar-refractivity contribution in [1.29, 1.82) is 0 Å². The molecule has 24 heavy (non-hydrogen) atoms. The molecule has 0 bridgehead atoms. The number of hydrogen-bond acceptors (Lipinski definition) is 4. The molecular weight excluding hydrogens is 328 g/mol. The van der Waals surface area contributed by atoms with Gasteiger partial charge in [-0.3, -0.25) is 9.48 Å². The van der Waals surface area contributed by atoms with E-state index in [-0.39, 0.29) is 5.91 Å². The summed E-state index contributed by atoms with van der Waals surface area (Å²) in [6.07, 6.45) is 0.638. The molecule has 1 aromatic rings. The molecule has 0 unspecified atom stereocenters. The maximum absolute atomic E-state index is 13.0. The molecule has 8 heteroatoms. The Bertz CT molecular complexity index is 731. The van der Waals surface area contributed by atoms with Crippen molar-refractivity contribution in [3.05, 3.63) is 11.4 Å². The van der Waals surface area contributed by atoms with Crippen LogP contribution in [0.5, 0.6) is 0 Å². The zero-order valence-corrected chi connectivity index (χ0v) is 16.3. The van der Waals surface area contributed by atoms with E-state index in [0.29, 0.717) is 48.9 Å². The standard InChI is InChI=1S/C16H28N4O3S/c1-12-14(13(2)18(6)17-12)24(22,23)20-9-7-8-19(10-11-20)15(21)16(3,4)5/h7-11H2,1-6H3. The topological polar surface area (TPSA) is 75.5 Å². The molecule has 1 aliphatic heterocycles. The molecule has 0 N–H and O–H groups in total. The number of aryl methyl sites for hydroxylation is 2. The Morgan fingerprint density at radius 1 is 1.08 bits per heavy atom. The SMILES string of the molecule is Cc1nn(C)c(C)c1S(=O)(=O)N1CCCN(C(=O)C(C)(C)C)CC1. The third-order valence-electron chi connectivity index (χ3n) is 4.42. The molecule has 136 valence electrons. The van der Waals surface area contributed by atoms with Gasteiger partial charge in [-0.05, 0) is 20.3 Å². The second-order valence-electron chi connectivity index (χ2n) is 7.42. The molecule has 0 radical (unpaired) electrons. The summed E-state index contributed by atoms with van der Waals surface area (Å²) in [6.45, 7) is 10.9. The van der Waals surface area contributed by atoms with Crippen molar-refractivity contribution >= 4 is 15.9 Å². The van der Waals surface area contributed by atoms with Crippen LogP contribution >= 0.6 is 0 Å². The van der Waals surface area contributed by atoms with Crippen LogP contribution in [0.15, 0.2) is 4.90 Å². The lowest BCUT2D eigenvalue weighted by Gasteiger charge is -2.28.